The molecule has 0 fully saturated rings. The summed E-state index contributed by atoms with van der Waals surface area (Å²) in [6.07, 6.45) is 1.79. The molecule has 0 N–H and O–H groups in total. The first-order valence-electron chi connectivity index (χ1n) is 8.64. The molecule has 0 saturated carbocycles. The summed E-state index contributed by atoms with van der Waals surface area (Å²) in [7, 11) is 0. The van der Waals surface area contributed by atoms with Crippen LogP contribution in [0.1, 0.15) is 16.7 Å². The number of anilines is 1. The molecule has 1 heterocycles. The molecule has 0 aromatic heterocycles. The average Bonchev–Trinajstić information content (AvgIpc) is 3.01. The first kappa shape index (κ1) is 17.3. The maximum atomic E-state index is 13.2. The largest absolute Gasteiger partial charge is 0.282 e. The van der Waals surface area contributed by atoms with Gasteiger partial charge in [-0.2, -0.15) is 0 Å². The van der Waals surface area contributed by atoms with E-state index < -0.39 is 0 Å². The van der Waals surface area contributed by atoms with Gasteiger partial charge in [-0.15, -0.1) is 0 Å². The Morgan fingerprint density at radius 3 is 2.22 bits per heavy atom. The molecular formula is C23H17ClN2O. The third kappa shape index (κ3) is 3.55. The lowest BCUT2D eigenvalue weighted by Crippen LogP contribution is -2.32. The Kier molecular flexibility index (Phi) is 4.61. The lowest BCUT2D eigenvalue weighted by molar-refractivity contribution is -0.113. The summed E-state index contributed by atoms with van der Waals surface area (Å²) >= 11 is 5.95. The molecule has 4 rings (SSSR count). The van der Waals surface area contributed by atoms with Crippen molar-refractivity contribution in [3.8, 4) is 0 Å². The highest BCUT2D eigenvalue weighted by atomic mass is 35.5. The molecule has 0 spiro atoms. The van der Waals surface area contributed by atoms with Gasteiger partial charge in [-0.1, -0.05) is 71.8 Å². The number of aryl methyl sites for hydroxylation is 1. The first-order valence-corrected chi connectivity index (χ1v) is 9.02. The van der Waals surface area contributed by atoms with E-state index in [4.69, 9.17) is 11.6 Å². The minimum Gasteiger partial charge on any atom is -0.266 e. The van der Waals surface area contributed by atoms with Gasteiger partial charge < -0.3 is 0 Å². The van der Waals surface area contributed by atoms with Gasteiger partial charge in [-0.25, -0.2) is 4.99 Å². The smallest absolute Gasteiger partial charge is 0.266 e. The van der Waals surface area contributed by atoms with Gasteiger partial charge in [0.15, 0.2) is 0 Å². The fourth-order valence-electron chi connectivity index (χ4n) is 2.95. The van der Waals surface area contributed by atoms with Crippen LogP contribution in [0.5, 0.6) is 0 Å². The number of rotatable bonds is 3. The second kappa shape index (κ2) is 7.22. The summed E-state index contributed by atoms with van der Waals surface area (Å²) in [5.74, 6) is 0.484. The van der Waals surface area contributed by atoms with Crippen LogP contribution in [-0.4, -0.2) is 11.7 Å². The van der Waals surface area contributed by atoms with Crippen molar-refractivity contribution in [1.29, 1.82) is 0 Å². The van der Waals surface area contributed by atoms with Crippen LogP contribution in [0, 0.1) is 6.92 Å². The van der Waals surface area contributed by atoms with Gasteiger partial charge in [0.1, 0.15) is 11.5 Å². The Labute approximate surface area is 163 Å². The van der Waals surface area contributed by atoms with Crippen molar-refractivity contribution in [2.45, 2.75) is 6.92 Å². The molecule has 132 valence electrons. The highest BCUT2D eigenvalue weighted by Gasteiger charge is 2.32. The molecule has 4 heteroatoms. The Morgan fingerprint density at radius 2 is 1.56 bits per heavy atom. The van der Waals surface area contributed by atoms with E-state index in [1.54, 1.807) is 23.1 Å². The number of hydrogen-bond donors (Lipinski definition) is 0. The monoisotopic (exact) mass is 372 g/mol. The number of nitrogens with zero attached hydrogens (tertiary/aromatic N) is 2. The Morgan fingerprint density at radius 1 is 0.889 bits per heavy atom. The van der Waals surface area contributed by atoms with E-state index in [0.29, 0.717) is 16.6 Å². The molecule has 1 aliphatic heterocycles. The third-order valence-corrected chi connectivity index (χ3v) is 4.61. The maximum Gasteiger partial charge on any atom is 0.282 e. The summed E-state index contributed by atoms with van der Waals surface area (Å²) in [4.78, 5) is 19.5. The van der Waals surface area contributed by atoms with Gasteiger partial charge >= 0.3 is 0 Å². The van der Waals surface area contributed by atoms with E-state index in [1.807, 2.05) is 73.7 Å². The van der Waals surface area contributed by atoms with E-state index in [9.17, 15) is 4.79 Å². The molecule has 0 radical (unpaired) electrons. The van der Waals surface area contributed by atoms with Gasteiger partial charge in [-0.05, 0) is 42.8 Å². The number of carbonyl (C=O) groups is 1. The summed E-state index contributed by atoms with van der Waals surface area (Å²) in [5.41, 5.74) is 4.11. The van der Waals surface area contributed by atoms with Crippen molar-refractivity contribution in [1.82, 2.24) is 0 Å². The van der Waals surface area contributed by atoms with Gasteiger partial charge in [0, 0.05) is 10.6 Å². The van der Waals surface area contributed by atoms with E-state index in [0.717, 1.165) is 22.4 Å². The summed E-state index contributed by atoms with van der Waals surface area (Å²) in [6.45, 7) is 2.02. The topological polar surface area (TPSA) is 32.7 Å². The molecule has 0 atom stereocenters. The third-order valence-electron chi connectivity index (χ3n) is 4.36. The van der Waals surface area contributed by atoms with Crippen molar-refractivity contribution in [2.75, 3.05) is 4.90 Å². The Bertz CT molecular complexity index is 1040. The highest BCUT2D eigenvalue weighted by molar-refractivity contribution is 6.33. The maximum absolute atomic E-state index is 13.2. The number of halogens is 1. The molecule has 3 aromatic rings. The molecule has 1 aliphatic rings. The molecular weight excluding hydrogens is 356 g/mol. The van der Waals surface area contributed by atoms with Crippen molar-refractivity contribution in [2.24, 2.45) is 4.99 Å². The second-order valence-electron chi connectivity index (χ2n) is 6.36. The van der Waals surface area contributed by atoms with Gasteiger partial charge in [-0.3, -0.25) is 9.69 Å². The Balaban J connectivity index is 1.80. The number of carbonyl (C=O) groups excluding carboxylic acids is 1. The van der Waals surface area contributed by atoms with Crippen LogP contribution in [0.2, 0.25) is 5.02 Å². The standard InChI is InChI=1S/C23H17ClN2O/c1-16-7-13-20(14-8-16)26-22(18-5-3-2-4-6-18)25-21(23(26)27)15-17-9-11-19(24)12-10-17/h2-15H,1H3/b21-15-. The number of amidine groups is 1. The zero-order valence-corrected chi connectivity index (χ0v) is 15.5. The number of benzene rings is 3. The highest BCUT2D eigenvalue weighted by Crippen LogP contribution is 2.28. The van der Waals surface area contributed by atoms with E-state index in [-0.39, 0.29) is 5.91 Å². The SMILES string of the molecule is Cc1ccc(N2C(=O)/C(=C/c3ccc(Cl)cc3)N=C2c2ccccc2)cc1. The molecule has 0 bridgehead atoms. The van der Waals surface area contributed by atoms with Crippen LogP contribution in [0.25, 0.3) is 6.08 Å². The lowest BCUT2D eigenvalue weighted by atomic mass is 10.1. The van der Waals surface area contributed by atoms with E-state index in [1.165, 1.54) is 0 Å². The van der Waals surface area contributed by atoms with Crippen LogP contribution in [0.15, 0.2) is 89.6 Å². The van der Waals surface area contributed by atoms with Crippen LogP contribution < -0.4 is 4.90 Å². The zero-order valence-electron chi connectivity index (χ0n) is 14.8. The quantitative estimate of drug-likeness (QED) is 0.560. The van der Waals surface area contributed by atoms with Crippen LogP contribution in [0.3, 0.4) is 0 Å². The van der Waals surface area contributed by atoms with Crippen LogP contribution in [0.4, 0.5) is 5.69 Å². The Hall–Kier alpha value is -3.17. The minimum absolute atomic E-state index is 0.146. The molecule has 27 heavy (non-hydrogen) atoms. The predicted molar refractivity (Wildman–Crippen MR) is 111 cm³/mol. The molecule has 0 saturated heterocycles. The predicted octanol–water partition coefficient (Wildman–Crippen LogP) is 5.48. The van der Waals surface area contributed by atoms with Gasteiger partial charge in [0.05, 0.1) is 5.69 Å². The fraction of sp³-hybridized carbons (Fsp3) is 0.0435. The van der Waals surface area contributed by atoms with Crippen molar-refractivity contribution < 1.29 is 4.79 Å². The van der Waals surface area contributed by atoms with E-state index >= 15 is 0 Å². The van der Waals surface area contributed by atoms with Crippen LogP contribution >= 0.6 is 11.6 Å². The number of amides is 1. The van der Waals surface area contributed by atoms with Crippen LogP contribution in [-0.2, 0) is 4.79 Å². The summed E-state index contributed by atoms with van der Waals surface area (Å²) < 4.78 is 0. The molecule has 3 aromatic carbocycles. The van der Waals surface area contributed by atoms with Gasteiger partial charge in [0.2, 0.25) is 0 Å². The zero-order chi connectivity index (χ0) is 18.8. The number of aliphatic imine (C=N–C) groups is 1. The van der Waals surface area contributed by atoms with Crippen molar-refractivity contribution >= 4 is 35.1 Å². The summed E-state index contributed by atoms with van der Waals surface area (Å²) in [5, 5.41) is 0.657. The normalized spacial score (nSPS) is 15.3. The van der Waals surface area contributed by atoms with E-state index in [2.05, 4.69) is 4.99 Å². The molecule has 0 unspecified atom stereocenters. The lowest BCUT2D eigenvalue weighted by Gasteiger charge is -2.18. The number of hydrogen-bond acceptors (Lipinski definition) is 2. The fourth-order valence-corrected chi connectivity index (χ4v) is 3.07. The molecule has 3 nitrogen and oxygen atoms in total. The second-order valence-corrected chi connectivity index (χ2v) is 6.80. The van der Waals surface area contributed by atoms with Crippen molar-refractivity contribution in [3.05, 3.63) is 106 Å². The molecule has 0 aliphatic carbocycles. The van der Waals surface area contributed by atoms with Crippen molar-refractivity contribution in [3.63, 3.8) is 0 Å². The minimum atomic E-state index is -0.146. The first-order chi connectivity index (χ1) is 13.1. The average molecular weight is 373 g/mol. The van der Waals surface area contributed by atoms with Gasteiger partial charge in [0.25, 0.3) is 5.91 Å². The summed E-state index contributed by atoms with van der Waals surface area (Å²) in [6, 6.07) is 24.9. The molecule has 1 amide bonds.